The van der Waals surface area contributed by atoms with Crippen LogP contribution in [0.25, 0.3) is 10.8 Å². The van der Waals surface area contributed by atoms with E-state index in [1.54, 1.807) is 19.1 Å². The van der Waals surface area contributed by atoms with Crippen molar-refractivity contribution in [2.75, 3.05) is 11.5 Å². The third-order valence-electron chi connectivity index (χ3n) is 6.55. The van der Waals surface area contributed by atoms with Crippen LogP contribution in [0.4, 0.5) is 11.4 Å². The maximum absolute atomic E-state index is 13.5. The van der Waals surface area contributed by atoms with Crippen molar-refractivity contribution in [3.8, 4) is 5.75 Å². The number of rotatable bonds is 5. The molecular formula is C27H24N2O5. The number of nitro benzene ring substituents is 1. The third-order valence-corrected chi connectivity index (χ3v) is 6.55. The second-order valence-electron chi connectivity index (χ2n) is 8.57. The minimum absolute atomic E-state index is 0.00509. The first-order valence-corrected chi connectivity index (χ1v) is 11.5. The van der Waals surface area contributed by atoms with Crippen LogP contribution in [-0.4, -0.2) is 23.2 Å². The van der Waals surface area contributed by atoms with Crippen molar-refractivity contribution < 1.29 is 19.2 Å². The van der Waals surface area contributed by atoms with E-state index >= 15 is 0 Å². The molecule has 0 saturated heterocycles. The number of ether oxygens (including phenoxy) is 1. The minimum Gasteiger partial charge on any atom is -0.494 e. The molecule has 1 unspecified atom stereocenters. The number of ketones is 1. The van der Waals surface area contributed by atoms with Crippen LogP contribution in [0.5, 0.6) is 5.75 Å². The van der Waals surface area contributed by atoms with E-state index in [0.29, 0.717) is 42.9 Å². The lowest BCUT2D eigenvalue weighted by atomic mass is 9.76. The van der Waals surface area contributed by atoms with Gasteiger partial charge in [0.15, 0.2) is 5.78 Å². The summed E-state index contributed by atoms with van der Waals surface area (Å²) in [5, 5.41) is 14.0. The maximum Gasteiger partial charge on any atom is 0.297 e. The summed E-state index contributed by atoms with van der Waals surface area (Å²) in [6, 6.07) is 18.5. The van der Waals surface area contributed by atoms with E-state index in [0.717, 1.165) is 16.3 Å². The predicted molar refractivity (Wildman–Crippen MR) is 129 cm³/mol. The molecule has 0 radical (unpaired) electrons. The van der Waals surface area contributed by atoms with Crippen molar-refractivity contribution in [3.63, 3.8) is 0 Å². The lowest BCUT2D eigenvalue weighted by Gasteiger charge is -2.38. The molecule has 2 aliphatic rings. The molecular weight excluding hydrogens is 432 g/mol. The number of hydrogen-bond donors (Lipinski definition) is 0. The molecule has 0 saturated carbocycles. The highest BCUT2D eigenvalue weighted by Gasteiger charge is 2.41. The number of amides is 1. The molecule has 1 aliphatic carbocycles. The highest BCUT2D eigenvalue weighted by Crippen LogP contribution is 2.46. The number of allylic oxidation sites excluding steroid dienone is 2. The molecule has 0 N–H and O–H groups in total. The quantitative estimate of drug-likeness (QED) is 0.364. The number of benzene rings is 3. The van der Waals surface area contributed by atoms with Crippen molar-refractivity contribution in [2.45, 2.75) is 38.5 Å². The standard InChI is InChI=1S/C27H24N2O5/c1-2-34-20-12-13-22(24(15-20)29(32)33)28-23-8-5-9-25(30)27(23)21(16-26(28)31)19-11-10-17-6-3-4-7-18(17)14-19/h3-4,6-7,10-15,21H,2,5,8-9,16H2,1H3. The lowest BCUT2D eigenvalue weighted by Crippen LogP contribution is -2.40. The Morgan fingerprint density at radius 2 is 1.82 bits per heavy atom. The van der Waals surface area contributed by atoms with Gasteiger partial charge in [-0.3, -0.25) is 24.6 Å². The van der Waals surface area contributed by atoms with Crippen molar-refractivity contribution in [2.24, 2.45) is 0 Å². The summed E-state index contributed by atoms with van der Waals surface area (Å²) < 4.78 is 5.43. The number of nitro groups is 1. The number of anilines is 1. The summed E-state index contributed by atoms with van der Waals surface area (Å²) >= 11 is 0. The Morgan fingerprint density at radius 1 is 1.03 bits per heavy atom. The normalized spacial score (nSPS) is 18.3. The Kier molecular flexibility index (Phi) is 5.61. The van der Waals surface area contributed by atoms with Gasteiger partial charge in [0.25, 0.3) is 5.69 Å². The molecule has 3 aromatic carbocycles. The molecule has 0 spiro atoms. The summed E-state index contributed by atoms with van der Waals surface area (Å²) in [7, 11) is 0. The molecule has 1 heterocycles. The Labute approximate surface area is 196 Å². The monoisotopic (exact) mass is 456 g/mol. The van der Waals surface area contributed by atoms with Crippen LogP contribution in [-0.2, 0) is 9.59 Å². The molecule has 1 amide bonds. The highest BCUT2D eigenvalue weighted by molar-refractivity contribution is 6.08. The van der Waals surface area contributed by atoms with E-state index in [-0.39, 0.29) is 35.4 Å². The van der Waals surface area contributed by atoms with Gasteiger partial charge >= 0.3 is 0 Å². The van der Waals surface area contributed by atoms with E-state index in [9.17, 15) is 19.7 Å². The second-order valence-corrected chi connectivity index (χ2v) is 8.57. The average molecular weight is 456 g/mol. The molecule has 7 nitrogen and oxygen atoms in total. The van der Waals surface area contributed by atoms with Crippen LogP contribution < -0.4 is 9.64 Å². The Hall–Kier alpha value is -4.00. The predicted octanol–water partition coefficient (Wildman–Crippen LogP) is 5.67. The van der Waals surface area contributed by atoms with Gasteiger partial charge in [0.1, 0.15) is 11.4 Å². The number of nitrogens with zero attached hydrogens (tertiary/aromatic N) is 2. The zero-order valence-corrected chi connectivity index (χ0v) is 18.8. The third kappa shape index (κ3) is 3.73. The summed E-state index contributed by atoms with van der Waals surface area (Å²) in [5.74, 6) is -0.243. The Bertz CT molecular complexity index is 1360. The zero-order valence-electron chi connectivity index (χ0n) is 18.8. The molecule has 1 aliphatic heterocycles. The number of carbonyl (C=O) groups excluding carboxylic acids is 2. The van der Waals surface area contributed by atoms with Gasteiger partial charge in [-0.15, -0.1) is 0 Å². The SMILES string of the molecule is CCOc1ccc(N2C(=O)CC(c3ccc4ccccc4c3)C3=C2CCCC3=O)c([N+](=O)[O-])c1. The van der Waals surface area contributed by atoms with E-state index in [2.05, 4.69) is 0 Å². The van der Waals surface area contributed by atoms with Gasteiger partial charge in [-0.25, -0.2) is 0 Å². The van der Waals surface area contributed by atoms with Gasteiger partial charge < -0.3 is 4.74 Å². The van der Waals surface area contributed by atoms with Crippen LogP contribution in [0.15, 0.2) is 71.9 Å². The summed E-state index contributed by atoms with van der Waals surface area (Å²) in [6.45, 7) is 2.17. The first-order valence-electron chi connectivity index (χ1n) is 11.5. The fourth-order valence-electron chi connectivity index (χ4n) is 5.08. The molecule has 1 atom stereocenters. The van der Waals surface area contributed by atoms with Crippen molar-refractivity contribution in [3.05, 3.63) is 87.6 Å². The fraction of sp³-hybridized carbons (Fsp3) is 0.259. The zero-order chi connectivity index (χ0) is 23.8. The average Bonchev–Trinajstić information content (AvgIpc) is 2.84. The van der Waals surface area contributed by atoms with Gasteiger partial charge in [0.2, 0.25) is 5.91 Å². The fourth-order valence-corrected chi connectivity index (χ4v) is 5.08. The van der Waals surface area contributed by atoms with Gasteiger partial charge in [0.05, 0.1) is 17.6 Å². The van der Waals surface area contributed by atoms with Gasteiger partial charge in [-0.2, -0.15) is 0 Å². The van der Waals surface area contributed by atoms with Crippen LogP contribution in [0, 0.1) is 10.1 Å². The van der Waals surface area contributed by atoms with Gasteiger partial charge in [-0.1, -0.05) is 42.5 Å². The smallest absolute Gasteiger partial charge is 0.297 e. The molecule has 0 bridgehead atoms. The Morgan fingerprint density at radius 3 is 2.59 bits per heavy atom. The van der Waals surface area contributed by atoms with Crippen LogP contribution in [0.3, 0.4) is 0 Å². The first-order chi connectivity index (χ1) is 16.5. The summed E-state index contributed by atoms with van der Waals surface area (Å²) in [5.41, 5.74) is 2.06. The van der Waals surface area contributed by atoms with Crippen molar-refractivity contribution in [1.29, 1.82) is 0 Å². The van der Waals surface area contributed by atoms with E-state index in [1.807, 2.05) is 42.5 Å². The van der Waals surface area contributed by atoms with E-state index in [1.165, 1.54) is 11.0 Å². The lowest BCUT2D eigenvalue weighted by molar-refractivity contribution is -0.384. The topological polar surface area (TPSA) is 89.8 Å². The molecule has 0 aromatic heterocycles. The summed E-state index contributed by atoms with van der Waals surface area (Å²) in [4.78, 5) is 39.5. The maximum atomic E-state index is 13.5. The summed E-state index contributed by atoms with van der Waals surface area (Å²) in [6.07, 6.45) is 1.61. The molecule has 34 heavy (non-hydrogen) atoms. The number of carbonyl (C=O) groups is 2. The molecule has 172 valence electrons. The van der Waals surface area contributed by atoms with Crippen molar-refractivity contribution >= 4 is 33.8 Å². The van der Waals surface area contributed by atoms with Crippen molar-refractivity contribution in [1.82, 2.24) is 0 Å². The van der Waals surface area contributed by atoms with Gasteiger partial charge in [0, 0.05) is 30.0 Å². The largest absolute Gasteiger partial charge is 0.494 e. The molecule has 3 aromatic rings. The van der Waals surface area contributed by atoms with E-state index < -0.39 is 4.92 Å². The van der Waals surface area contributed by atoms with Crippen LogP contribution >= 0.6 is 0 Å². The molecule has 7 heteroatoms. The Balaban J connectivity index is 1.65. The number of hydrogen-bond acceptors (Lipinski definition) is 5. The molecule has 5 rings (SSSR count). The second kappa shape index (κ2) is 8.74. The first kappa shape index (κ1) is 21.8. The minimum atomic E-state index is -0.508. The van der Waals surface area contributed by atoms with E-state index in [4.69, 9.17) is 4.74 Å². The van der Waals surface area contributed by atoms with Crippen LogP contribution in [0.1, 0.15) is 44.1 Å². The van der Waals surface area contributed by atoms with Gasteiger partial charge in [-0.05, 0) is 48.2 Å². The number of Topliss-reactive ketones (excluding diaryl/α,β-unsaturated/α-hetero) is 1. The molecule has 0 fully saturated rings. The van der Waals surface area contributed by atoms with Crippen LogP contribution in [0.2, 0.25) is 0 Å². The highest BCUT2D eigenvalue weighted by atomic mass is 16.6. The number of fused-ring (bicyclic) bond motifs is 1.